The summed E-state index contributed by atoms with van der Waals surface area (Å²) < 4.78 is 34.3. The summed E-state index contributed by atoms with van der Waals surface area (Å²) in [5.41, 5.74) is 0.638. The Morgan fingerprint density at radius 2 is 1.91 bits per heavy atom. The second-order valence-electron chi connectivity index (χ2n) is 5.66. The first kappa shape index (κ1) is 21.7. The van der Waals surface area contributed by atoms with Gasteiger partial charge in [-0.25, -0.2) is 0 Å². The normalized spacial score (nSPS) is 11.7. The van der Waals surface area contributed by atoms with E-state index < -0.39 is 6.61 Å². The number of hydrogen-bond acceptors (Lipinski definition) is 3. The predicted octanol–water partition coefficient (Wildman–Crippen LogP) is 3.38. The van der Waals surface area contributed by atoms with Gasteiger partial charge in [-0.05, 0) is 38.5 Å². The lowest BCUT2D eigenvalue weighted by Gasteiger charge is -2.23. The van der Waals surface area contributed by atoms with Crippen LogP contribution in [0.2, 0.25) is 0 Å². The number of nitrogens with zero attached hydrogens (tertiary/aromatic N) is 1. The highest BCUT2D eigenvalue weighted by Crippen LogP contribution is 2.29. The van der Waals surface area contributed by atoms with Gasteiger partial charge in [-0.2, -0.15) is 8.78 Å². The first-order valence-corrected chi connectivity index (χ1v) is 6.85. The van der Waals surface area contributed by atoms with Crippen molar-refractivity contribution in [2.75, 3.05) is 14.2 Å². The highest BCUT2D eigenvalue weighted by atomic mass is 127. The van der Waals surface area contributed by atoms with Gasteiger partial charge in [0.1, 0.15) is 0 Å². The lowest BCUT2D eigenvalue weighted by Crippen LogP contribution is -2.47. The fourth-order valence-electron chi connectivity index (χ4n) is 1.74. The molecule has 0 saturated heterocycles. The van der Waals surface area contributed by atoms with Crippen molar-refractivity contribution in [3.8, 4) is 11.5 Å². The standard InChI is InChI=1S/C15H23F2N3O2.HI/c1-15(2,3)20-14(18-4)19-9-10-6-7-11(21-5)12(8-10)22-13(16)17;/h6-8,13H,9H2,1-5H3,(H2,18,19,20);1H. The molecule has 0 bridgehead atoms. The van der Waals surface area contributed by atoms with Crippen LogP contribution in [0.4, 0.5) is 8.78 Å². The molecule has 0 saturated carbocycles. The Morgan fingerprint density at radius 3 is 2.39 bits per heavy atom. The van der Waals surface area contributed by atoms with E-state index in [0.717, 1.165) is 5.56 Å². The van der Waals surface area contributed by atoms with Gasteiger partial charge in [0.15, 0.2) is 17.5 Å². The van der Waals surface area contributed by atoms with Gasteiger partial charge in [0, 0.05) is 19.1 Å². The topological polar surface area (TPSA) is 54.9 Å². The number of halogens is 3. The first-order chi connectivity index (χ1) is 10.2. The number of rotatable bonds is 5. The predicted molar refractivity (Wildman–Crippen MR) is 98.1 cm³/mol. The van der Waals surface area contributed by atoms with Crippen molar-refractivity contribution in [1.82, 2.24) is 10.6 Å². The summed E-state index contributed by atoms with van der Waals surface area (Å²) in [4.78, 5) is 4.11. The third-order valence-electron chi connectivity index (χ3n) is 2.62. The molecule has 1 aromatic rings. The van der Waals surface area contributed by atoms with Crippen molar-refractivity contribution < 1.29 is 18.3 Å². The van der Waals surface area contributed by atoms with Crippen LogP contribution in [0.1, 0.15) is 26.3 Å². The molecule has 0 atom stereocenters. The number of alkyl halides is 2. The maximum absolute atomic E-state index is 12.4. The zero-order chi connectivity index (χ0) is 16.8. The highest BCUT2D eigenvalue weighted by Gasteiger charge is 2.13. The van der Waals surface area contributed by atoms with Crippen molar-refractivity contribution in [2.45, 2.75) is 39.5 Å². The Kier molecular flexibility index (Phi) is 9.18. The quantitative estimate of drug-likeness (QED) is 0.417. The number of nitrogens with one attached hydrogen (secondary N) is 2. The van der Waals surface area contributed by atoms with Crippen LogP contribution < -0.4 is 20.1 Å². The van der Waals surface area contributed by atoms with E-state index in [1.54, 1.807) is 19.2 Å². The molecule has 1 rings (SSSR count). The minimum atomic E-state index is -2.90. The summed E-state index contributed by atoms with van der Waals surface area (Å²) in [6.07, 6.45) is 0. The molecule has 0 spiro atoms. The van der Waals surface area contributed by atoms with Crippen LogP contribution in [-0.4, -0.2) is 32.3 Å². The molecule has 0 fully saturated rings. The monoisotopic (exact) mass is 443 g/mol. The molecule has 23 heavy (non-hydrogen) atoms. The molecule has 8 heteroatoms. The second-order valence-corrected chi connectivity index (χ2v) is 5.66. The average Bonchev–Trinajstić information content (AvgIpc) is 2.41. The van der Waals surface area contributed by atoms with E-state index in [9.17, 15) is 8.78 Å². The number of hydrogen-bond donors (Lipinski definition) is 2. The molecule has 132 valence electrons. The summed E-state index contributed by atoms with van der Waals surface area (Å²) in [6, 6.07) is 4.88. The highest BCUT2D eigenvalue weighted by molar-refractivity contribution is 14.0. The largest absolute Gasteiger partial charge is 0.493 e. The summed E-state index contributed by atoms with van der Waals surface area (Å²) >= 11 is 0. The van der Waals surface area contributed by atoms with Crippen LogP contribution in [0.5, 0.6) is 11.5 Å². The minimum absolute atomic E-state index is 0. The Labute approximate surface area is 152 Å². The van der Waals surface area contributed by atoms with E-state index in [0.29, 0.717) is 12.5 Å². The van der Waals surface area contributed by atoms with E-state index in [-0.39, 0.29) is 41.0 Å². The number of benzene rings is 1. The Balaban J connectivity index is 0.00000484. The third-order valence-corrected chi connectivity index (χ3v) is 2.62. The van der Waals surface area contributed by atoms with Crippen LogP contribution in [0.25, 0.3) is 0 Å². The molecular formula is C15H24F2IN3O2. The van der Waals surface area contributed by atoms with Crippen molar-refractivity contribution in [3.63, 3.8) is 0 Å². The fourth-order valence-corrected chi connectivity index (χ4v) is 1.74. The van der Waals surface area contributed by atoms with E-state index in [1.165, 1.54) is 13.2 Å². The number of guanidine groups is 1. The third kappa shape index (κ3) is 8.19. The van der Waals surface area contributed by atoms with Crippen molar-refractivity contribution in [2.24, 2.45) is 4.99 Å². The lowest BCUT2D eigenvalue weighted by atomic mass is 10.1. The Bertz CT molecular complexity index is 520. The molecule has 5 nitrogen and oxygen atoms in total. The van der Waals surface area contributed by atoms with Gasteiger partial charge in [0.25, 0.3) is 0 Å². The van der Waals surface area contributed by atoms with Gasteiger partial charge in [-0.1, -0.05) is 6.07 Å². The van der Waals surface area contributed by atoms with Crippen LogP contribution in [0.3, 0.4) is 0 Å². The minimum Gasteiger partial charge on any atom is -0.493 e. The Morgan fingerprint density at radius 1 is 1.26 bits per heavy atom. The summed E-state index contributed by atoms with van der Waals surface area (Å²) in [5, 5.41) is 6.32. The van der Waals surface area contributed by atoms with Gasteiger partial charge in [0.2, 0.25) is 0 Å². The van der Waals surface area contributed by atoms with E-state index in [4.69, 9.17) is 4.74 Å². The van der Waals surface area contributed by atoms with Crippen molar-refractivity contribution in [1.29, 1.82) is 0 Å². The molecule has 2 N–H and O–H groups in total. The summed E-state index contributed by atoms with van der Waals surface area (Å²) in [6.45, 7) is 3.57. The lowest BCUT2D eigenvalue weighted by molar-refractivity contribution is -0.0512. The van der Waals surface area contributed by atoms with Crippen LogP contribution in [-0.2, 0) is 6.54 Å². The van der Waals surface area contributed by atoms with Gasteiger partial charge >= 0.3 is 6.61 Å². The zero-order valence-electron chi connectivity index (χ0n) is 13.9. The first-order valence-electron chi connectivity index (χ1n) is 6.85. The molecular weight excluding hydrogens is 419 g/mol. The smallest absolute Gasteiger partial charge is 0.387 e. The van der Waals surface area contributed by atoms with Crippen molar-refractivity contribution in [3.05, 3.63) is 23.8 Å². The van der Waals surface area contributed by atoms with Crippen molar-refractivity contribution >= 4 is 29.9 Å². The van der Waals surface area contributed by atoms with Crippen LogP contribution >= 0.6 is 24.0 Å². The fraction of sp³-hybridized carbons (Fsp3) is 0.533. The van der Waals surface area contributed by atoms with Crippen LogP contribution in [0.15, 0.2) is 23.2 Å². The molecule has 0 aliphatic carbocycles. The van der Waals surface area contributed by atoms with E-state index in [2.05, 4.69) is 20.4 Å². The van der Waals surface area contributed by atoms with Gasteiger partial charge in [-0.15, -0.1) is 24.0 Å². The maximum atomic E-state index is 12.4. The SMILES string of the molecule is CN=C(NCc1ccc(OC)c(OC(F)F)c1)NC(C)(C)C.I. The number of aliphatic imine (C=N–C) groups is 1. The van der Waals surface area contributed by atoms with Crippen LogP contribution in [0, 0.1) is 0 Å². The number of ether oxygens (including phenoxy) is 2. The molecule has 0 aliphatic rings. The molecule has 0 radical (unpaired) electrons. The maximum Gasteiger partial charge on any atom is 0.387 e. The second kappa shape index (κ2) is 9.74. The van der Waals surface area contributed by atoms with E-state index in [1.807, 2.05) is 20.8 Å². The molecule has 0 unspecified atom stereocenters. The molecule has 1 aromatic carbocycles. The molecule has 0 amide bonds. The average molecular weight is 443 g/mol. The zero-order valence-corrected chi connectivity index (χ0v) is 16.3. The Hall–Kier alpha value is -1.32. The molecule has 0 heterocycles. The molecule has 0 aromatic heterocycles. The number of methoxy groups -OCH3 is 1. The molecule has 0 aliphatic heterocycles. The van der Waals surface area contributed by atoms with Gasteiger partial charge < -0.3 is 20.1 Å². The van der Waals surface area contributed by atoms with Gasteiger partial charge in [-0.3, -0.25) is 4.99 Å². The van der Waals surface area contributed by atoms with E-state index >= 15 is 0 Å². The summed E-state index contributed by atoms with van der Waals surface area (Å²) in [5.74, 6) is 0.900. The summed E-state index contributed by atoms with van der Waals surface area (Å²) in [7, 11) is 3.07. The van der Waals surface area contributed by atoms with Gasteiger partial charge in [0.05, 0.1) is 7.11 Å².